The second kappa shape index (κ2) is 6.83. The molecule has 2 heterocycles. The Labute approximate surface area is 164 Å². The number of ether oxygens (including phenoxy) is 1. The Kier molecular flexibility index (Phi) is 4.41. The number of nitrogens with zero attached hydrogens (tertiary/aromatic N) is 3. The third kappa shape index (κ3) is 3.43. The molecular formula is C18H10F4N4O4. The van der Waals surface area contributed by atoms with E-state index in [-0.39, 0.29) is 35.0 Å². The predicted molar refractivity (Wildman–Crippen MR) is 94.7 cm³/mol. The molecule has 2 aromatic carbocycles. The fourth-order valence-corrected chi connectivity index (χ4v) is 2.96. The normalized spacial score (nSPS) is 13.4. The van der Waals surface area contributed by atoms with E-state index in [1.807, 2.05) is 0 Å². The summed E-state index contributed by atoms with van der Waals surface area (Å²) in [7, 11) is 0. The number of nitrogens with one attached hydrogen (secondary N) is 1. The summed E-state index contributed by atoms with van der Waals surface area (Å²) in [6.07, 6.45) is -4.83. The number of nitro benzene ring substituents is 1. The first-order valence-electron chi connectivity index (χ1n) is 8.32. The minimum Gasteiger partial charge on any atom is -0.481 e. The lowest BCUT2D eigenvalue weighted by Crippen LogP contribution is -2.25. The van der Waals surface area contributed by atoms with Crippen LogP contribution in [0.1, 0.15) is 5.69 Å². The van der Waals surface area contributed by atoms with Crippen molar-refractivity contribution in [2.24, 2.45) is 0 Å². The number of amides is 1. The van der Waals surface area contributed by atoms with Crippen LogP contribution in [0.25, 0.3) is 16.9 Å². The molecule has 0 aliphatic carbocycles. The molecule has 12 heteroatoms. The lowest BCUT2D eigenvalue weighted by Gasteiger charge is -2.19. The number of halogens is 4. The van der Waals surface area contributed by atoms with Crippen molar-refractivity contribution in [3.63, 3.8) is 0 Å². The van der Waals surface area contributed by atoms with Gasteiger partial charge in [0.2, 0.25) is 0 Å². The van der Waals surface area contributed by atoms with Gasteiger partial charge < -0.3 is 10.1 Å². The molecule has 0 atom stereocenters. The van der Waals surface area contributed by atoms with E-state index in [0.29, 0.717) is 6.07 Å². The van der Waals surface area contributed by atoms with Crippen molar-refractivity contribution in [2.75, 3.05) is 11.9 Å². The molecule has 0 saturated heterocycles. The molecule has 3 aromatic rings. The second-order valence-corrected chi connectivity index (χ2v) is 6.26. The van der Waals surface area contributed by atoms with Gasteiger partial charge in [0.1, 0.15) is 5.82 Å². The third-order valence-corrected chi connectivity index (χ3v) is 4.27. The number of alkyl halides is 3. The zero-order chi connectivity index (χ0) is 21.6. The number of fused-ring (bicyclic) bond motifs is 1. The summed E-state index contributed by atoms with van der Waals surface area (Å²) in [5.74, 6) is -1.14. The zero-order valence-electron chi connectivity index (χ0n) is 14.7. The van der Waals surface area contributed by atoms with Crippen LogP contribution in [0.15, 0.2) is 42.5 Å². The van der Waals surface area contributed by atoms with Gasteiger partial charge in [-0.3, -0.25) is 14.9 Å². The van der Waals surface area contributed by atoms with E-state index in [0.717, 1.165) is 28.9 Å². The molecule has 1 N–H and O–H groups in total. The Morgan fingerprint density at radius 1 is 1.17 bits per heavy atom. The first kappa shape index (κ1) is 19.4. The van der Waals surface area contributed by atoms with Gasteiger partial charge in [-0.2, -0.15) is 18.3 Å². The van der Waals surface area contributed by atoms with E-state index in [2.05, 4.69) is 10.4 Å². The largest absolute Gasteiger partial charge is 0.481 e. The van der Waals surface area contributed by atoms with Crippen LogP contribution in [0.4, 0.5) is 28.9 Å². The number of nitro groups is 1. The fraction of sp³-hybridized carbons (Fsp3) is 0.111. The van der Waals surface area contributed by atoms with Crippen molar-refractivity contribution in [1.82, 2.24) is 9.78 Å². The molecule has 154 valence electrons. The third-order valence-electron chi connectivity index (χ3n) is 4.27. The average Bonchev–Trinajstić information content (AvgIpc) is 3.13. The minimum atomic E-state index is -4.83. The number of carbonyl (C=O) groups is 1. The Morgan fingerprint density at radius 2 is 1.87 bits per heavy atom. The van der Waals surface area contributed by atoms with E-state index < -0.39 is 34.2 Å². The van der Waals surface area contributed by atoms with E-state index in [9.17, 15) is 32.5 Å². The van der Waals surface area contributed by atoms with Gasteiger partial charge in [0.15, 0.2) is 18.1 Å². The topological polar surface area (TPSA) is 99.3 Å². The quantitative estimate of drug-likeness (QED) is 0.392. The molecule has 30 heavy (non-hydrogen) atoms. The number of anilines is 1. The van der Waals surface area contributed by atoms with Gasteiger partial charge in [0, 0.05) is 0 Å². The van der Waals surface area contributed by atoms with Gasteiger partial charge in [0.25, 0.3) is 11.6 Å². The number of carbonyl (C=O) groups excluding carboxylic acids is 1. The van der Waals surface area contributed by atoms with Crippen LogP contribution in [0.2, 0.25) is 0 Å². The van der Waals surface area contributed by atoms with E-state index in [4.69, 9.17) is 4.74 Å². The Hall–Kier alpha value is -3.96. The molecule has 0 radical (unpaired) electrons. The molecular weight excluding hydrogens is 412 g/mol. The SMILES string of the molecule is O=C1COc2cc([N+](=O)[O-])c(-c3cc(C(F)(F)F)nn3-c3ccc(F)cc3)cc2N1. The molecule has 1 aliphatic heterocycles. The van der Waals surface area contributed by atoms with Crippen molar-refractivity contribution in [2.45, 2.75) is 6.18 Å². The van der Waals surface area contributed by atoms with Crippen LogP contribution in [-0.4, -0.2) is 27.2 Å². The highest BCUT2D eigenvalue weighted by Gasteiger charge is 2.36. The molecule has 0 saturated carbocycles. The van der Waals surface area contributed by atoms with Crippen molar-refractivity contribution in [3.8, 4) is 22.7 Å². The molecule has 0 spiro atoms. The van der Waals surface area contributed by atoms with E-state index >= 15 is 0 Å². The average molecular weight is 422 g/mol. The maximum atomic E-state index is 13.3. The summed E-state index contributed by atoms with van der Waals surface area (Å²) in [6, 6.07) is 7.19. The maximum absolute atomic E-state index is 13.3. The number of aromatic nitrogens is 2. The van der Waals surface area contributed by atoms with Crippen LogP contribution in [0.3, 0.4) is 0 Å². The van der Waals surface area contributed by atoms with Gasteiger partial charge in [-0.05, 0) is 36.4 Å². The first-order valence-corrected chi connectivity index (χ1v) is 8.32. The molecule has 0 unspecified atom stereocenters. The van der Waals surface area contributed by atoms with Gasteiger partial charge in [0.05, 0.1) is 33.6 Å². The molecule has 1 aromatic heterocycles. The van der Waals surface area contributed by atoms with Gasteiger partial charge in [-0.1, -0.05) is 0 Å². The van der Waals surface area contributed by atoms with Crippen LogP contribution in [0.5, 0.6) is 5.75 Å². The molecule has 1 amide bonds. The first-order chi connectivity index (χ1) is 14.1. The summed E-state index contributed by atoms with van der Waals surface area (Å²) in [6.45, 7) is -0.352. The van der Waals surface area contributed by atoms with Crippen LogP contribution < -0.4 is 10.1 Å². The van der Waals surface area contributed by atoms with E-state index in [1.54, 1.807) is 0 Å². The summed E-state index contributed by atoms with van der Waals surface area (Å²) >= 11 is 0. The Morgan fingerprint density at radius 3 is 2.50 bits per heavy atom. The Bertz CT molecular complexity index is 1170. The maximum Gasteiger partial charge on any atom is 0.435 e. The highest BCUT2D eigenvalue weighted by molar-refractivity contribution is 5.97. The van der Waals surface area contributed by atoms with Crippen molar-refractivity contribution >= 4 is 17.3 Å². The zero-order valence-corrected chi connectivity index (χ0v) is 14.7. The predicted octanol–water partition coefficient (Wildman–Crippen LogP) is 3.94. The highest BCUT2D eigenvalue weighted by Crippen LogP contribution is 2.42. The van der Waals surface area contributed by atoms with Gasteiger partial charge in [-0.25, -0.2) is 9.07 Å². The van der Waals surface area contributed by atoms with Crippen molar-refractivity contribution < 1.29 is 32.0 Å². The lowest BCUT2D eigenvalue weighted by atomic mass is 10.1. The summed E-state index contributed by atoms with van der Waals surface area (Å²) in [5.41, 5.74) is -2.25. The van der Waals surface area contributed by atoms with Crippen LogP contribution in [0, 0.1) is 15.9 Å². The molecule has 8 nitrogen and oxygen atoms in total. The second-order valence-electron chi connectivity index (χ2n) is 6.26. The summed E-state index contributed by atoms with van der Waals surface area (Å²) in [4.78, 5) is 22.4. The Balaban J connectivity index is 1.98. The molecule has 0 fully saturated rings. The highest BCUT2D eigenvalue weighted by atomic mass is 19.4. The number of hydrogen-bond donors (Lipinski definition) is 1. The van der Waals surface area contributed by atoms with Crippen LogP contribution >= 0.6 is 0 Å². The number of rotatable bonds is 3. The molecule has 0 bridgehead atoms. The smallest absolute Gasteiger partial charge is 0.435 e. The fourth-order valence-electron chi connectivity index (χ4n) is 2.96. The van der Waals surface area contributed by atoms with Crippen molar-refractivity contribution in [1.29, 1.82) is 0 Å². The molecule has 1 aliphatic rings. The van der Waals surface area contributed by atoms with Crippen molar-refractivity contribution in [3.05, 3.63) is 64.1 Å². The minimum absolute atomic E-state index is 0.00828. The monoisotopic (exact) mass is 422 g/mol. The molecule has 4 rings (SSSR count). The van der Waals surface area contributed by atoms with Crippen LogP contribution in [-0.2, 0) is 11.0 Å². The standard InChI is InChI=1S/C18H10F4N4O4/c19-9-1-3-10(4-2-9)25-13(7-16(24-25)18(20,21)22)11-5-12-15(6-14(11)26(28)29)30-8-17(27)23-12/h1-7H,8H2,(H,23,27). The van der Waals surface area contributed by atoms with Gasteiger partial charge in [-0.15, -0.1) is 0 Å². The summed E-state index contributed by atoms with van der Waals surface area (Å²) < 4.78 is 59.2. The lowest BCUT2D eigenvalue weighted by molar-refractivity contribution is -0.384. The van der Waals surface area contributed by atoms with Gasteiger partial charge >= 0.3 is 6.18 Å². The number of hydrogen-bond acceptors (Lipinski definition) is 5. The number of benzene rings is 2. The summed E-state index contributed by atoms with van der Waals surface area (Å²) in [5, 5.41) is 17.6. The van der Waals surface area contributed by atoms with E-state index in [1.165, 1.54) is 12.1 Å².